The Hall–Kier alpha value is -1.48. The molecule has 2 aromatic rings. The Morgan fingerprint density at radius 2 is 2.00 bits per heavy atom. The Balaban J connectivity index is 1.60. The summed E-state index contributed by atoms with van der Waals surface area (Å²) in [6, 6.07) is 4.78. The topological polar surface area (TPSA) is 61.8 Å². The highest BCUT2D eigenvalue weighted by atomic mass is 32.1. The van der Waals surface area contributed by atoms with Crippen LogP contribution < -0.4 is 10.6 Å². The average Bonchev–Trinajstić information content (AvgIpc) is 3.24. The van der Waals surface area contributed by atoms with Gasteiger partial charge in [-0.2, -0.15) is 0 Å². The summed E-state index contributed by atoms with van der Waals surface area (Å²) in [5, 5.41) is 7.98. The maximum Gasteiger partial charge on any atom is 0.191 e. The van der Waals surface area contributed by atoms with Crippen molar-refractivity contribution >= 4 is 28.6 Å². The Kier molecular flexibility index (Phi) is 7.23. The molecule has 1 fully saturated rings. The number of aromatic nitrogens is 1. The molecule has 0 bridgehead atoms. The molecule has 3 heterocycles. The summed E-state index contributed by atoms with van der Waals surface area (Å²) in [5.41, 5.74) is 1.11. The molecule has 1 aliphatic rings. The largest absolute Gasteiger partial charge is 0.379 e. The molecule has 0 aliphatic carbocycles. The van der Waals surface area contributed by atoms with Gasteiger partial charge >= 0.3 is 0 Å². The van der Waals surface area contributed by atoms with Gasteiger partial charge in [0.2, 0.25) is 0 Å². The normalized spacial score (nSPS) is 17.1. The van der Waals surface area contributed by atoms with Crippen molar-refractivity contribution in [3.05, 3.63) is 37.5 Å². The first-order valence-corrected chi connectivity index (χ1v) is 11.0. The fourth-order valence-corrected chi connectivity index (χ4v) is 5.01. The van der Waals surface area contributed by atoms with Crippen molar-refractivity contribution in [3.8, 4) is 0 Å². The van der Waals surface area contributed by atoms with E-state index in [0.29, 0.717) is 12.6 Å². The SMILES string of the molecule is CN=C(NCc1nc(C)c(C)s1)NCC(c1ccc(C)s1)N1CCOCC1. The van der Waals surface area contributed by atoms with Gasteiger partial charge in [0.1, 0.15) is 5.01 Å². The van der Waals surface area contributed by atoms with Gasteiger partial charge in [-0.3, -0.25) is 9.89 Å². The minimum absolute atomic E-state index is 0.329. The van der Waals surface area contributed by atoms with Gasteiger partial charge in [-0.05, 0) is 32.9 Å². The lowest BCUT2D eigenvalue weighted by atomic mass is 10.2. The molecule has 0 spiro atoms. The molecule has 6 nitrogen and oxygen atoms in total. The number of guanidine groups is 1. The molecule has 1 aliphatic heterocycles. The van der Waals surface area contributed by atoms with Crippen LogP contribution >= 0.6 is 22.7 Å². The number of aliphatic imine (C=N–C) groups is 1. The molecule has 0 aromatic carbocycles. The van der Waals surface area contributed by atoms with E-state index >= 15 is 0 Å². The fourth-order valence-electron chi connectivity index (χ4n) is 3.12. The van der Waals surface area contributed by atoms with Crippen molar-refractivity contribution < 1.29 is 4.74 Å². The minimum Gasteiger partial charge on any atom is -0.379 e. The number of nitrogens with one attached hydrogen (secondary N) is 2. The van der Waals surface area contributed by atoms with E-state index in [9.17, 15) is 0 Å². The van der Waals surface area contributed by atoms with Gasteiger partial charge in [0.25, 0.3) is 0 Å². The van der Waals surface area contributed by atoms with Gasteiger partial charge < -0.3 is 15.4 Å². The molecule has 0 radical (unpaired) electrons. The maximum absolute atomic E-state index is 5.54. The third kappa shape index (κ3) is 5.51. The second-order valence-electron chi connectivity index (χ2n) is 6.67. The summed E-state index contributed by atoms with van der Waals surface area (Å²) < 4.78 is 5.54. The van der Waals surface area contributed by atoms with Crippen molar-refractivity contribution in [2.75, 3.05) is 39.9 Å². The lowest BCUT2D eigenvalue weighted by Gasteiger charge is -2.34. The quantitative estimate of drug-likeness (QED) is 0.570. The molecule has 2 N–H and O–H groups in total. The maximum atomic E-state index is 5.54. The number of thiophene rings is 1. The van der Waals surface area contributed by atoms with Crippen molar-refractivity contribution in [2.24, 2.45) is 4.99 Å². The van der Waals surface area contributed by atoms with Crippen LogP contribution in [0.5, 0.6) is 0 Å². The Labute approximate surface area is 169 Å². The molecule has 148 valence electrons. The summed E-state index contributed by atoms with van der Waals surface area (Å²) >= 11 is 3.61. The zero-order chi connectivity index (χ0) is 19.2. The second-order valence-corrected chi connectivity index (χ2v) is 9.28. The predicted molar refractivity (Wildman–Crippen MR) is 114 cm³/mol. The number of ether oxygens (including phenoxy) is 1. The summed E-state index contributed by atoms with van der Waals surface area (Å²) in [6.45, 7) is 11.4. The molecular formula is C19H29N5OS2. The first-order chi connectivity index (χ1) is 13.1. The van der Waals surface area contributed by atoms with Crippen LogP contribution in [0.3, 0.4) is 0 Å². The number of hydrogen-bond acceptors (Lipinski definition) is 6. The Morgan fingerprint density at radius 3 is 2.59 bits per heavy atom. The number of thiazole rings is 1. The Morgan fingerprint density at radius 1 is 1.22 bits per heavy atom. The van der Waals surface area contributed by atoms with Crippen LogP contribution in [0.25, 0.3) is 0 Å². The van der Waals surface area contributed by atoms with Crippen LogP contribution in [0.4, 0.5) is 0 Å². The standard InChI is InChI=1S/C19H29N5OS2/c1-13-5-6-17(26-13)16(24-7-9-25-10-8-24)11-21-19(20-4)22-12-18-23-14(2)15(3)27-18/h5-6,16H,7-12H2,1-4H3,(H2,20,21,22). The van der Waals surface area contributed by atoms with E-state index in [2.05, 4.69) is 58.4 Å². The minimum atomic E-state index is 0.329. The summed E-state index contributed by atoms with van der Waals surface area (Å²) in [5.74, 6) is 0.812. The number of nitrogens with zero attached hydrogens (tertiary/aromatic N) is 3. The van der Waals surface area contributed by atoms with Crippen LogP contribution in [0.2, 0.25) is 0 Å². The van der Waals surface area contributed by atoms with Crippen LogP contribution in [0, 0.1) is 20.8 Å². The van der Waals surface area contributed by atoms with Crippen molar-refractivity contribution in [2.45, 2.75) is 33.4 Å². The van der Waals surface area contributed by atoms with Crippen molar-refractivity contribution in [3.63, 3.8) is 0 Å². The molecule has 3 rings (SSSR count). The number of morpholine rings is 1. The van der Waals surface area contributed by atoms with Gasteiger partial charge in [0, 0.05) is 41.3 Å². The van der Waals surface area contributed by atoms with Crippen LogP contribution in [0.15, 0.2) is 17.1 Å². The van der Waals surface area contributed by atoms with E-state index in [0.717, 1.165) is 49.5 Å². The number of hydrogen-bond donors (Lipinski definition) is 2. The molecule has 0 amide bonds. The second kappa shape index (κ2) is 9.64. The van der Waals surface area contributed by atoms with E-state index in [1.165, 1.54) is 14.6 Å². The van der Waals surface area contributed by atoms with E-state index in [4.69, 9.17) is 4.74 Å². The molecular weight excluding hydrogens is 378 g/mol. The molecule has 27 heavy (non-hydrogen) atoms. The van der Waals surface area contributed by atoms with Crippen LogP contribution in [-0.4, -0.2) is 55.7 Å². The molecule has 1 saturated heterocycles. The van der Waals surface area contributed by atoms with Gasteiger partial charge in [0.15, 0.2) is 5.96 Å². The lowest BCUT2D eigenvalue weighted by molar-refractivity contribution is 0.0177. The highest BCUT2D eigenvalue weighted by Gasteiger charge is 2.24. The lowest BCUT2D eigenvalue weighted by Crippen LogP contribution is -2.46. The number of aryl methyl sites for hydroxylation is 3. The number of rotatable bonds is 6. The van der Waals surface area contributed by atoms with Gasteiger partial charge in [-0.25, -0.2) is 4.98 Å². The van der Waals surface area contributed by atoms with Crippen molar-refractivity contribution in [1.82, 2.24) is 20.5 Å². The summed E-state index contributed by atoms with van der Waals surface area (Å²) in [7, 11) is 1.81. The van der Waals surface area contributed by atoms with Gasteiger partial charge in [-0.15, -0.1) is 22.7 Å². The van der Waals surface area contributed by atoms with Gasteiger partial charge in [0.05, 0.1) is 31.5 Å². The smallest absolute Gasteiger partial charge is 0.191 e. The highest BCUT2D eigenvalue weighted by molar-refractivity contribution is 7.12. The predicted octanol–water partition coefficient (Wildman–Crippen LogP) is 2.87. The third-order valence-electron chi connectivity index (χ3n) is 4.74. The summed E-state index contributed by atoms with van der Waals surface area (Å²) in [6.07, 6.45) is 0. The Bertz CT molecular complexity index is 744. The third-order valence-corrected chi connectivity index (χ3v) is 6.92. The first kappa shape index (κ1) is 20.3. The van der Waals surface area contributed by atoms with E-state index in [-0.39, 0.29) is 0 Å². The van der Waals surface area contributed by atoms with E-state index < -0.39 is 0 Å². The van der Waals surface area contributed by atoms with E-state index in [1.807, 2.05) is 18.4 Å². The monoisotopic (exact) mass is 407 g/mol. The highest BCUT2D eigenvalue weighted by Crippen LogP contribution is 2.27. The van der Waals surface area contributed by atoms with Crippen LogP contribution in [-0.2, 0) is 11.3 Å². The average molecular weight is 408 g/mol. The van der Waals surface area contributed by atoms with E-state index in [1.54, 1.807) is 11.3 Å². The zero-order valence-electron chi connectivity index (χ0n) is 16.5. The summed E-state index contributed by atoms with van der Waals surface area (Å²) in [4.78, 5) is 15.5. The first-order valence-electron chi connectivity index (χ1n) is 9.32. The zero-order valence-corrected chi connectivity index (χ0v) is 18.2. The molecule has 0 saturated carbocycles. The molecule has 1 unspecified atom stereocenters. The molecule has 1 atom stereocenters. The molecule has 8 heteroatoms. The van der Waals surface area contributed by atoms with Gasteiger partial charge in [-0.1, -0.05) is 0 Å². The van der Waals surface area contributed by atoms with Crippen LogP contribution in [0.1, 0.15) is 31.4 Å². The fraction of sp³-hybridized carbons (Fsp3) is 0.579. The van der Waals surface area contributed by atoms with Crippen molar-refractivity contribution in [1.29, 1.82) is 0 Å². The molecule has 2 aromatic heterocycles.